The summed E-state index contributed by atoms with van der Waals surface area (Å²) in [7, 11) is 0. The van der Waals surface area contributed by atoms with Gasteiger partial charge in [-0.2, -0.15) is 0 Å². The van der Waals surface area contributed by atoms with Crippen LogP contribution in [0.5, 0.6) is 0 Å². The molecule has 0 bridgehead atoms. The summed E-state index contributed by atoms with van der Waals surface area (Å²) in [6, 6.07) is 0. The minimum atomic E-state index is -0.727. The molecular formula is C21H37N3O4. The first-order chi connectivity index (χ1) is 13.1. The number of ether oxygens (including phenoxy) is 2. The molecule has 0 aromatic heterocycles. The zero-order valence-electron chi connectivity index (χ0n) is 17.9. The van der Waals surface area contributed by atoms with Crippen LogP contribution in [0.15, 0.2) is 11.8 Å². The van der Waals surface area contributed by atoms with E-state index in [-0.39, 0.29) is 12.2 Å². The fourth-order valence-corrected chi connectivity index (χ4v) is 3.46. The third-order valence-corrected chi connectivity index (χ3v) is 5.78. The molecule has 0 aromatic carbocycles. The number of carbonyl (C=O) groups is 2. The smallest absolute Gasteiger partial charge is 0.252 e. The van der Waals surface area contributed by atoms with Gasteiger partial charge in [0.25, 0.3) is 5.91 Å². The highest BCUT2D eigenvalue weighted by molar-refractivity contribution is 6.04. The van der Waals surface area contributed by atoms with E-state index in [2.05, 4.69) is 10.2 Å². The van der Waals surface area contributed by atoms with E-state index in [9.17, 15) is 9.59 Å². The molecule has 0 spiro atoms. The van der Waals surface area contributed by atoms with Gasteiger partial charge >= 0.3 is 0 Å². The summed E-state index contributed by atoms with van der Waals surface area (Å²) >= 11 is 0. The Morgan fingerprint density at radius 2 is 1.82 bits per heavy atom. The molecule has 1 unspecified atom stereocenters. The summed E-state index contributed by atoms with van der Waals surface area (Å²) in [5, 5.41) is 2.48. The number of piperidine rings is 1. The van der Waals surface area contributed by atoms with Gasteiger partial charge in [-0.3, -0.25) is 19.8 Å². The summed E-state index contributed by atoms with van der Waals surface area (Å²) < 4.78 is 11.4. The van der Waals surface area contributed by atoms with Crippen LogP contribution in [0.25, 0.3) is 0 Å². The lowest BCUT2D eigenvalue weighted by Gasteiger charge is -2.39. The van der Waals surface area contributed by atoms with Crippen molar-refractivity contribution in [2.75, 3.05) is 26.3 Å². The van der Waals surface area contributed by atoms with Gasteiger partial charge in [-0.1, -0.05) is 20.3 Å². The summed E-state index contributed by atoms with van der Waals surface area (Å²) in [6.07, 6.45) is 7.47. The molecule has 2 saturated heterocycles. The van der Waals surface area contributed by atoms with Crippen molar-refractivity contribution in [2.24, 2.45) is 11.1 Å². The number of hydrogen-bond donors (Lipinski definition) is 2. The maximum absolute atomic E-state index is 12.7. The predicted molar refractivity (Wildman–Crippen MR) is 108 cm³/mol. The molecule has 2 aliphatic rings. The fourth-order valence-electron chi connectivity index (χ4n) is 3.46. The highest BCUT2D eigenvalue weighted by Gasteiger charge is 2.36. The minimum Gasteiger partial charge on any atom is -0.401 e. The van der Waals surface area contributed by atoms with Gasteiger partial charge in [0.1, 0.15) is 0 Å². The summed E-state index contributed by atoms with van der Waals surface area (Å²) in [5.41, 5.74) is 5.27. The van der Waals surface area contributed by atoms with Crippen LogP contribution in [0.1, 0.15) is 66.2 Å². The van der Waals surface area contributed by atoms with Gasteiger partial charge in [-0.25, -0.2) is 0 Å². The zero-order valence-corrected chi connectivity index (χ0v) is 17.9. The normalized spacial score (nSPS) is 22.7. The van der Waals surface area contributed by atoms with Gasteiger partial charge in [-0.05, 0) is 59.0 Å². The van der Waals surface area contributed by atoms with Gasteiger partial charge in [0.05, 0.1) is 12.1 Å². The van der Waals surface area contributed by atoms with Crippen molar-refractivity contribution in [3.05, 3.63) is 11.8 Å². The molecule has 0 radical (unpaired) electrons. The van der Waals surface area contributed by atoms with Crippen molar-refractivity contribution < 1.29 is 19.1 Å². The Morgan fingerprint density at radius 1 is 1.14 bits per heavy atom. The van der Waals surface area contributed by atoms with Crippen molar-refractivity contribution >= 4 is 11.8 Å². The second-order valence-electron chi connectivity index (χ2n) is 9.02. The SMILES string of the molecule is CC(C)(COC1CCCCO1)C(N)=CC(=O)NC(=O)C(C)(C)N1CCCCC1. The van der Waals surface area contributed by atoms with Crippen LogP contribution in [0, 0.1) is 5.41 Å². The Kier molecular flexibility index (Phi) is 8.04. The fraction of sp³-hybridized carbons (Fsp3) is 0.810. The van der Waals surface area contributed by atoms with Crippen molar-refractivity contribution in [3.63, 3.8) is 0 Å². The molecule has 0 aromatic rings. The molecule has 2 heterocycles. The third kappa shape index (κ3) is 6.29. The molecule has 7 heteroatoms. The lowest BCUT2D eigenvalue weighted by atomic mass is 9.90. The van der Waals surface area contributed by atoms with Gasteiger partial charge in [0.15, 0.2) is 6.29 Å². The van der Waals surface area contributed by atoms with Crippen LogP contribution in [-0.4, -0.2) is 54.8 Å². The molecule has 2 aliphatic heterocycles. The number of hydrogen-bond acceptors (Lipinski definition) is 6. The molecule has 0 saturated carbocycles. The number of imide groups is 1. The monoisotopic (exact) mass is 395 g/mol. The molecule has 1 atom stereocenters. The summed E-state index contributed by atoms with van der Waals surface area (Å²) in [5.74, 6) is -0.789. The lowest BCUT2D eigenvalue weighted by Crippen LogP contribution is -2.57. The van der Waals surface area contributed by atoms with Crippen molar-refractivity contribution in [1.82, 2.24) is 10.2 Å². The molecule has 2 rings (SSSR count). The Labute approximate surface area is 169 Å². The van der Waals surface area contributed by atoms with E-state index >= 15 is 0 Å². The molecular weight excluding hydrogens is 358 g/mol. The van der Waals surface area contributed by atoms with Crippen molar-refractivity contribution in [2.45, 2.75) is 78.0 Å². The lowest BCUT2D eigenvalue weighted by molar-refractivity contribution is -0.173. The topological polar surface area (TPSA) is 93.9 Å². The number of carbonyl (C=O) groups excluding carboxylic acids is 2. The van der Waals surface area contributed by atoms with Crippen molar-refractivity contribution in [1.29, 1.82) is 0 Å². The Hall–Kier alpha value is -1.44. The maximum atomic E-state index is 12.7. The second kappa shape index (κ2) is 9.85. The maximum Gasteiger partial charge on any atom is 0.252 e. The molecule has 7 nitrogen and oxygen atoms in total. The molecule has 2 fully saturated rings. The Bertz CT molecular complexity index is 574. The van der Waals surface area contributed by atoms with Crippen molar-refractivity contribution in [3.8, 4) is 0 Å². The Morgan fingerprint density at radius 3 is 2.43 bits per heavy atom. The molecule has 2 amide bonds. The molecule has 0 aliphatic carbocycles. The van der Waals surface area contributed by atoms with E-state index in [4.69, 9.17) is 15.2 Å². The average Bonchev–Trinajstić information content (AvgIpc) is 2.67. The zero-order chi connectivity index (χ0) is 20.8. The number of rotatable bonds is 7. The first-order valence-electron chi connectivity index (χ1n) is 10.4. The van der Waals surface area contributed by atoms with E-state index in [0.717, 1.165) is 45.2 Å². The van der Waals surface area contributed by atoms with Gasteiger partial charge in [-0.15, -0.1) is 0 Å². The van der Waals surface area contributed by atoms with E-state index in [1.165, 1.54) is 12.5 Å². The van der Waals surface area contributed by atoms with Crippen LogP contribution in [0.3, 0.4) is 0 Å². The van der Waals surface area contributed by atoms with Gasteiger partial charge < -0.3 is 15.2 Å². The van der Waals surface area contributed by atoms with Crippen LogP contribution in [0.2, 0.25) is 0 Å². The number of nitrogens with zero attached hydrogens (tertiary/aromatic N) is 1. The standard InChI is InChI=1S/C21H37N3O4/c1-20(2,15-28-18-10-6-9-13-27-18)16(22)14-17(25)23-19(26)21(3,4)24-11-7-5-8-12-24/h14,18H,5-13,15,22H2,1-4H3,(H,23,25,26). The van der Waals surface area contributed by atoms with E-state index in [0.29, 0.717) is 18.9 Å². The van der Waals surface area contributed by atoms with Crippen LogP contribution in [0.4, 0.5) is 0 Å². The van der Waals surface area contributed by atoms with Gasteiger partial charge in [0.2, 0.25) is 5.91 Å². The molecule has 3 N–H and O–H groups in total. The molecule has 160 valence electrons. The second-order valence-corrected chi connectivity index (χ2v) is 9.02. The summed E-state index contributed by atoms with van der Waals surface area (Å²) in [4.78, 5) is 27.2. The van der Waals surface area contributed by atoms with E-state index < -0.39 is 16.9 Å². The van der Waals surface area contributed by atoms with Gasteiger partial charge in [0, 0.05) is 23.8 Å². The largest absolute Gasteiger partial charge is 0.401 e. The minimum absolute atomic E-state index is 0.207. The number of amides is 2. The van der Waals surface area contributed by atoms with E-state index in [1.807, 2.05) is 27.7 Å². The average molecular weight is 396 g/mol. The number of nitrogens with one attached hydrogen (secondary N) is 1. The highest BCUT2D eigenvalue weighted by Crippen LogP contribution is 2.25. The molecule has 28 heavy (non-hydrogen) atoms. The number of likely N-dealkylation sites (tertiary alicyclic amines) is 1. The van der Waals surface area contributed by atoms with Crippen LogP contribution >= 0.6 is 0 Å². The van der Waals surface area contributed by atoms with E-state index in [1.54, 1.807) is 0 Å². The first-order valence-corrected chi connectivity index (χ1v) is 10.4. The highest BCUT2D eigenvalue weighted by atomic mass is 16.7. The van der Waals surface area contributed by atoms with Crippen LogP contribution in [-0.2, 0) is 19.1 Å². The quantitative estimate of drug-likeness (QED) is 0.643. The third-order valence-electron chi connectivity index (χ3n) is 5.78. The summed E-state index contributed by atoms with van der Waals surface area (Å²) in [6.45, 7) is 10.4. The number of nitrogens with two attached hydrogens (primary N) is 1. The van der Waals surface area contributed by atoms with Crippen LogP contribution < -0.4 is 11.1 Å². The predicted octanol–water partition coefficient (Wildman–Crippen LogP) is 2.31. The Balaban J connectivity index is 1.89. The first kappa shape index (κ1) is 22.8.